The maximum absolute atomic E-state index is 11.2. The Kier molecular flexibility index (Phi) is 6.77. The Labute approximate surface area is 103 Å². The quantitative estimate of drug-likeness (QED) is 0.435. The summed E-state index contributed by atoms with van der Waals surface area (Å²) in [4.78, 5) is 23.3. The third-order valence-corrected chi connectivity index (χ3v) is 8.11. The van der Waals surface area contributed by atoms with Gasteiger partial charge < -0.3 is 27.7 Å². The Hall–Kier alpha value is 0.802. The molecule has 14 heavy (non-hydrogen) atoms. The van der Waals surface area contributed by atoms with Gasteiger partial charge in [0.25, 0.3) is 0 Å². The van der Waals surface area contributed by atoms with Crippen LogP contribution in [0.25, 0.3) is 0 Å². The van der Waals surface area contributed by atoms with E-state index in [1.165, 1.54) is 0 Å². The Morgan fingerprint density at radius 1 is 1.29 bits per heavy atom. The van der Waals surface area contributed by atoms with Gasteiger partial charge in [-0.05, 0) is 22.8 Å². The second-order valence-corrected chi connectivity index (χ2v) is 9.99. The second-order valence-electron chi connectivity index (χ2n) is 2.41. The molecule has 0 aromatic heterocycles. The summed E-state index contributed by atoms with van der Waals surface area (Å²) in [6, 6.07) is 9.14. The number of hydrogen-bond donors (Lipinski definition) is 0. The van der Waals surface area contributed by atoms with Gasteiger partial charge in [0.2, 0.25) is 0 Å². The van der Waals surface area contributed by atoms with Gasteiger partial charge in [0.05, 0.1) is 0 Å². The average molecular weight is 260 g/mol. The topological polar surface area (TPSA) is 46.1 Å². The van der Waals surface area contributed by atoms with Gasteiger partial charge in [0.1, 0.15) is 0 Å². The summed E-state index contributed by atoms with van der Waals surface area (Å²) in [6.45, 7) is 1.84. The van der Waals surface area contributed by atoms with Crippen LogP contribution < -0.4 is 9.79 Å². The smallest absolute Gasteiger partial charge is 0.853 e. The summed E-state index contributed by atoms with van der Waals surface area (Å²) in [5, 5.41) is 0. The van der Waals surface area contributed by atoms with Crippen molar-refractivity contribution in [2.45, 2.75) is 11.8 Å². The maximum atomic E-state index is 11.2. The fraction of sp³-hybridized carbons (Fsp3) is 0.250. The molecular weight excluding hydrogens is 250 g/mol. The molecule has 0 radical (unpaired) electrons. The van der Waals surface area contributed by atoms with Crippen molar-refractivity contribution in [3.63, 3.8) is 0 Å². The van der Waals surface area contributed by atoms with E-state index in [0.29, 0.717) is 5.75 Å². The van der Waals surface area contributed by atoms with Crippen LogP contribution in [0.15, 0.2) is 35.2 Å². The van der Waals surface area contributed by atoms with E-state index >= 15 is 0 Å². The summed E-state index contributed by atoms with van der Waals surface area (Å²) < 4.78 is 0. The molecule has 0 saturated carbocycles. The molecule has 0 bridgehead atoms. The minimum absolute atomic E-state index is 0. The van der Waals surface area contributed by atoms with Crippen LogP contribution in [0.1, 0.15) is 6.92 Å². The van der Waals surface area contributed by atoms with Crippen molar-refractivity contribution >= 4 is 45.4 Å². The Bertz CT molecular complexity index is 328. The third-order valence-electron chi connectivity index (χ3n) is 1.56. The van der Waals surface area contributed by atoms with Crippen molar-refractivity contribution in [3.05, 3.63) is 30.3 Å². The van der Waals surface area contributed by atoms with Gasteiger partial charge in [-0.3, -0.25) is 0 Å². The Balaban J connectivity index is 0.00000169. The van der Waals surface area contributed by atoms with E-state index < -0.39 is 15.8 Å². The van der Waals surface area contributed by atoms with Gasteiger partial charge in [-0.25, -0.2) is 10.1 Å². The molecule has 0 heterocycles. The number of rotatable bonds is 2. The normalized spacial score (nSPS) is 13.1. The molecule has 1 rings (SSSR count). The van der Waals surface area contributed by atoms with Crippen LogP contribution in [0, 0.1) is 0 Å². The van der Waals surface area contributed by atoms with Crippen LogP contribution in [0.3, 0.4) is 0 Å². The molecule has 0 aliphatic heterocycles. The molecule has 0 fully saturated rings. The molecule has 1 aromatic carbocycles. The van der Waals surface area contributed by atoms with Crippen molar-refractivity contribution in [2.24, 2.45) is 0 Å². The van der Waals surface area contributed by atoms with E-state index in [0.717, 1.165) is 4.90 Å². The van der Waals surface area contributed by atoms with Gasteiger partial charge in [-0.1, -0.05) is 25.1 Å². The van der Waals surface area contributed by atoms with E-state index in [-0.39, 0.29) is 17.4 Å². The van der Waals surface area contributed by atoms with Gasteiger partial charge in [-0.2, -0.15) is 0 Å². The molecule has 0 amide bonds. The summed E-state index contributed by atoms with van der Waals surface area (Å²) >= 11 is 4.50. The molecule has 0 aliphatic rings. The van der Waals surface area contributed by atoms with Crippen molar-refractivity contribution in [1.29, 1.82) is 0 Å². The van der Waals surface area contributed by atoms with Crippen molar-refractivity contribution in [2.75, 3.05) is 5.75 Å². The summed E-state index contributed by atoms with van der Waals surface area (Å²) in [5.41, 5.74) is -3.64. The summed E-state index contributed by atoms with van der Waals surface area (Å²) in [5.74, 6) is 0.564. The molecule has 0 N–H and O–H groups in total. The van der Waals surface area contributed by atoms with Crippen LogP contribution in [0.5, 0.6) is 0 Å². The maximum Gasteiger partial charge on any atom is 3.00 e. The van der Waals surface area contributed by atoms with E-state index in [9.17, 15) is 9.79 Å². The van der Waals surface area contributed by atoms with Crippen LogP contribution in [-0.4, -0.2) is 23.1 Å². The SMILES string of the molecule is CCS(c1ccccc1)=P([O-])([O-])[S-].[Al+3]. The predicted octanol–water partition coefficient (Wildman–Crippen LogP) is 0.248. The zero-order valence-electron chi connectivity index (χ0n) is 7.75. The van der Waals surface area contributed by atoms with E-state index in [2.05, 4.69) is 12.2 Å². The number of hydrogen-bond acceptors (Lipinski definition) is 3. The van der Waals surface area contributed by atoms with Gasteiger partial charge in [0.15, 0.2) is 0 Å². The molecule has 0 aliphatic carbocycles. The fourth-order valence-corrected chi connectivity index (χ4v) is 6.22. The molecule has 1 aromatic rings. The molecule has 1 unspecified atom stereocenters. The van der Waals surface area contributed by atoms with Crippen LogP contribution in [0.4, 0.5) is 0 Å². The molecule has 6 heteroatoms. The zero-order valence-corrected chi connectivity index (χ0v) is 11.4. The zero-order chi connectivity index (χ0) is 9.90. The Morgan fingerprint density at radius 3 is 2.14 bits per heavy atom. The molecule has 2 nitrogen and oxygen atoms in total. The van der Waals surface area contributed by atoms with E-state index in [1.54, 1.807) is 0 Å². The van der Waals surface area contributed by atoms with E-state index in [4.69, 9.17) is 0 Å². The first-order chi connectivity index (χ1) is 6.05. The minimum atomic E-state index is -3.64. The monoisotopic (exact) mass is 260 g/mol. The molecular formula is C8H10AlO2PS2. The van der Waals surface area contributed by atoms with Gasteiger partial charge >= 0.3 is 17.4 Å². The molecule has 1 atom stereocenters. The summed E-state index contributed by atoms with van der Waals surface area (Å²) in [7, 11) is -0.797. The first-order valence-electron chi connectivity index (χ1n) is 3.84. The molecule has 0 spiro atoms. The first kappa shape index (κ1) is 14.8. The third kappa shape index (κ3) is 4.12. The summed E-state index contributed by atoms with van der Waals surface area (Å²) in [6.07, 6.45) is 0. The predicted molar refractivity (Wildman–Crippen MR) is 62.7 cm³/mol. The minimum Gasteiger partial charge on any atom is -0.853 e. The molecule has 74 valence electrons. The van der Waals surface area contributed by atoms with Gasteiger partial charge in [0, 0.05) is 0 Å². The largest absolute Gasteiger partial charge is 3.00 e. The second kappa shape index (κ2) is 6.40. The number of benzene rings is 1. The molecule has 0 saturated heterocycles. The van der Waals surface area contributed by atoms with Crippen LogP contribution in [0.2, 0.25) is 0 Å². The van der Waals surface area contributed by atoms with Crippen LogP contribution in [-0.2, 0) is 22.3 Å². The Morgan fingerprint density at radius 2 is 1.79 bits per heavy atom. The van der Waals surface area contributed by atoms with E-state index in [1.807, 2.05) is 37.3 Å². The van der Waals surface area contributed by atoms with Crippen molar-refractivity contribution in [1.82, 2.24) is 0 Å². The van der Waals surface area contributed by atoms with Crippen molar-refractivity contribution < 1.29 is 9.79 Å². The van der Waals surface area contributed by atoms with Crippen molar-refractivity contribution in [3.8, 4) is 0 Å². The van der Waals surface area contributed by atoms with Gasteiger partial charge in [-0.15, -0.1) is 0 Å². The average Bonchev–Trinajstić information content (AvgIpc) is 2.05. The standard InChI is InChI=1S/C8H10O2PS2.Al/c1-2-13(11(9,10)12)8-6-4-3-5-7-8;/h3-7H,2H2,1H3;/q-3;+3. The van der Waals surface area contributed by atoms with Crippen LogP contribution >= 0.6 is 5.69 Å². The fourth-order valence-electron chi connectivity index (χ4n) is 1.03. The first-order valence-corrected chi connectivity index (χ1v) is 8.48.